The summed E-state index contributed by atoms with van der Waals surface area (Å²) in [6.45, 7) is 0. The van der Waals surface area contributed by atoms with Crippen LogP contribution in [0.2, 0.25) is 5.02 Å². The largest absolute Gasteiger partial charge is 0.478 e. The Morgan fingerprint density at radius 3 is 2.45 bits per heavy atom. The molecule has 0 radical (unpaired) electrons. The number of amides is 3. The van der Waals surface area contributed by atoms with Crippen LogP contribution in [-0.2, 0) is 16.0 Å². The Bertz CT molecular complexity index is 1640. The number of tetrazole rings is 1. The molecule has 12 nitrogen and oxygen atoms in total. The lowest BCUT2D eigenvalue weighted by atomic mass is 10.0. The molecular weight excluding hydrogens is 562 g/mol. The van der Waals surface area contributed by atoms with E-state index in [0.717, 1.165) is 0 Å². The number of anilines is 1. The highest BCUT2D eigenvalue weighted by molar-refractivity contribution is 6.30. The first-order valence-corrected chi connectivity index (χ1v) is 12.9. The molecular formula is C29H26ClN7O5. The van der Waals surface area contributed by atoms with Gasteiger partial charge < -0.3 is 20.6 Å². The fraction of sp³-hybridized carbons (Fsp3) is 0.138. The predicted molar refractivity (Wildman–Crippen MR) is 155 cm³/mol. The zero-order valence-electron chi connectivity index (χ0n) is 22.6. The van der Waals surface area contributed by atoms with E-state index in [1.54, 1.807) is 56.6 Å². The van der Waals surface area contributed by atoms with Crippen LogP contribution in [0.5, 0.6) is 0 Å². The fourth-order valence-electron chi connectivity index (χ4n) is 3.98. The number of hydrogen-bond acceptors (Lipinski definition) is 7. The van der Waals surface area contributed by atoms with Gasteiger partial charge in [-0.05, 0) is 76.7 Å². The van der Waals surface area contributed by atoms with E-state index in [1.807, 2.05) is 0 Å². The van der Waals surface area contributed by atoms with Crippen LogP contribution in [0.15, 0.2) is 79.1 Å². The molecule has 3 N–H and O–H groups in total. The van der Waals surface area contributed by atoms with Gasteiger partial charge in [-0.1, -0.05) is 23.7 Å². The van der Waals surface area contributed by atoms with Crippen molar-refractivity contribution >= 4 is 47.1 Å². The van der Waals surface area contributed by atoms with Crippen LogP contribution in [0.1, 0.15) is 31.8 Å². The molecule has 1 heterocycles. The number of nitrogens with one attached hydrogen (secondary N) is 2. The highest BCUT2D eigenvalue weighted by atomic mass is 35.5. The number of carboxylic acid groups (broad SMARTS) is 1. The number of aromatic nitrogens is 4. The second-order valence-corrected chi connectivity index (χ2v) is 9.76. The van der Waals surface area contributed by atoms with Crippen molar-refractivity contribution in [3.05, 3.63) is 106 Å². The number of rotatable bonds is 10. The molecule has 0 aliphatic rings. The average Bonchev–Trinajstić information content (AvgIpc) is 3.50. The van der Waals surface area contributed by atoms with E-state index in [-0.39, 0.29) is 17.9 Å². The summed E-state index contributed by atoms with van der Waals surface area (Å²) in [4.78, 5) is 51.5. The van der Waals surface area contributed by atoms with Gasteiger partial charge in [-0.2, -0.15) is 4.68 Å². The monoisotopic (exact) mass is 587 g/mol. The normalized spacial score (nSPS) is 11.6. The molecule has 3 aromatic carbocycles. The van der Waals surface area contributed by atoms with Crippen LogP contribution in [0.4, 0.5) is 5.69 Å². The van der Waals surface area contributed by atoms with Crippen LogP contribution >= 0.6 is 11.6 Å². The number of hydrogen-bond donors (Lipinski definition) is 3. The minimum Gasteiger partial charge on any atom is -0.478 e. The van der Waals surface area contributed by atoms with Crippen molar-refractivity contribution in [1.29, 1.82) is 0 Å². The summed E-state index contributed by atoms with van der Waals surface area (Å²) in [5.41, 5.74) is 2.62. The maximum absolute atomic E-state index is 13.3. The van der Waals surface area contributed by atoms with Crippen molar-refractivity contribution in [1.82, 2.24) is 30.4 Å². The van der Waals surface area contributed by atoms with E-state index >= 15 is 0 Å². The molecule has 1 aromatic heterocycles. The highest BCUT2D eigenvalue weighted by Gasteiger charge is 2.22. The first-order valence-electron chi connectivity index (χ1n) is 12.6. The molecule has 1 atom stereocenters. The van der Waals surface area contributed by atoms with Gasteiger partial charge in [0, 0.05) is 48.4 Å². The SMILES string of the molecule is CN(C)C(=O)c1cccc(C[C@H](NC(=O)/C=C/c2cc(Cl)ccc2-n2cnnn2)C(=O)Nc2ccc(C(=O)O)cc2)c1. The second kappa shape index (κ2) is 13.3. The molecule has 0 aliphatic heterocycles. The number of halogens is 1. The van der Waals surface area contributed by atoms with Crippen molar-refractivity contribution in [2.45, 2.75) is 12.5 Å². The van der Waals surface area contributed by atoms with E-state index < -0.39 is 23.8 Å². The van der Waals surface area contributed by atoms with Crippen molar-refractivity contribution in [3.8, 4) is 5.69 Å². The van der Waals surface area contributed by atoms with Crippen molar-refractivity contribution in [2.24, 2.45) is 0 Å². The zero-order chi connectivity index (χ0) is 30.2. The van der Waals surface area contributed by atoms with Crippen LogP contribution in [0, 0.1) is 0 Å². The van der Waals surface area contributed by atoms with Gasteiger partial charge >= 0.3 is 5.97 Å². The topological polar surface area (TPSA) is 159 Å². The average molecular weight is 588 g/mol. The standard InChI is InChI=1S/C29H26ClN7O5/c1-36(2)28(40)21-5-3-4-18(14-21)15-24(27(39)32-23-10-6-19(7-11-23)29(41)42)33-26(38)13-8-20-16-22(30)9-12-25(20)37-17-31-34-35-37/h3-14,16-17,24H,15H2,1-2H3,(H,32,39)(H,33,38)(H,41,42)/b13-8+/t24-/m0/s1. The zero-order valence-corrected chi connectivity index (χ0v) is 23.3. The van der Waals surface area contributed by atoms with E-state index in [9.17, 15) is 19.2 Å². The quantitative estimate of drug-likeness (QED) is 0.239. The molecule has 214 valence electrons. The minimum atomic E-state index is -1.10. The maximum atomic E-state index is 13.3. The van der Waals surface area contributed by atoms with Crippen LogP contribution < -0.4 is 10.6 Å². The maximum Gasteiger partial charge on any atom is 0.335 e. The Hall–Kier alpha value is -5.36. The van der Waals surface area contributed by atoms with E-state index in [2.05, 4.69) is 26.2 Å². The smallest absolute Gasteiger partial charge is 0.335 e. The van der Waals surface area contributed by atoms with Crippen molar-refractivity contribution < 1.29 is 24.3 Å². The molecule has 0 unspecified atom stereocenters. The second-order valence-electron chi connectivity index (χ2n) is 9.33. The molecule has 0 bridgehead atoms. The third-order valence-corrected chi connectivity index (χ3v) is 6.29. The molecule has 3 amide bonds. The lowest BCUT2D eigenvalue weighted by Crippen LogP contribution is -2.44. The Balaban J connectivity index is 1.57. The van der Waals surface area contributed by atoms with Crippen LogP contribution in [0.3, 0.4) is 0 Å². The third-order valence-electron chi connectivity index (χ3n) is 6.05. The van der Waals surface area contributed by atoms with Gasteiger partial charge in [-0.3, -0.25) is 14.4 Å². The molecule has 0 saturated carbocycles. The lowest BCUT2D eigenvalue weighted by Gasteiger charge is -2.19. The number of benzene rings is 3. The molecule has 0 spiro atoms. The Kier molecular flexibility index (Phi) is 9.40. The summed E-state index contributed by atoms with van der Waals surface area (Å²) in [6, 6.07) is 16.4. The molecule has 0 fully saturated rings. The molecule has 0 aliphatic carbocycles. The molecule has 0 saturated heterocycles. The molecule has 13 heteroatoms. The minimum absolute atomic E-state index is 0.0624. The number of aromatic carboxylic acids is 1. The first kappa shape index (κ1) is 29.6. The summed E-state index contributed by atoms with van der Waals surface area (Å²) in [5, 5.41) is 26.1. The number of nitrogens with zero attached hydrogens (tertiary/aromatic N) is 5. The van der Waals surface area contributed by atoms with Gasteiger partial charge in [0.25, 0.3) is 5.91 Å². The number of carboxylic acids is 1. The summed E-state index contributed by atoms with van der Waals surface area (Å²) >= 11 is 6.16. The Labute approximate surface area is 245 Å². The highest BCUT2D eigenvalue weighted by Crippen LogP contribution is 2.20. The summed E-state index contributed by atoms with van der Waals surface area (Å²) in [6.07, 6.45) is 4.25. The molecule has 4 rings (SSSR count). The molecule has 4 aromatic rings. The first-order chi connectivity index (χ1) is 20.1. The number of carbonyl (C=O) groups excluding carboxylic acids is 3. The van der Waals surface area contributed by atoms with Gasteiger partial charge in [0.15, 0.2) is 0 Å². The van der Waals surface area contributed by atoms with E-state index in [4.69, 9.17) is 16.7 Å². The van der Waals surface area contributed by atoms with Gasteiger partial charge in [0.05, 0.1) is 11.3 Å². The number of carbonyl (C=O) groups is 4. The Morgan fingerprint density at radius 1 is 1.02 bits per heavy atom. The van der Waals surface area contributed by atoms with Gasteiger partial charge in [0.1, 0.15) is 12.4 Å². The van der Waals surface area contributed by atoms with Crippen molar-refractivity contribution in [2.75, 3.05) is 19.4 Å². The fourth-order valence-corrected chi connectivity index (χ4v) is 4.17. The molecule has 42 heavy (non-hydrogen) atoms. The summed E-state index contributed by atoms with van der Waals surface area (Å²) in [7, 11) is 3.27. The van der Waals surface area contributed by atoms with Crippen molar-refractivity contribution in [3.63, 3.8) is 0 Å². The summed E-state index contributed by atoms with van der Waals surface area (Å²) < 4.78 is 1.42. The van der Waals surface area contributed by atoms with E-state index in [0.29, 0.717) is 33.1 Å². The Morgan fingerprint density at radius 2 is 1.79 bits per heavy atom. The summed E-state index contributed by atoms with van der Waals surface area (Å²) in [5.74, 6) is -2.41. The van der Waals surface area contributed by atoms with Gasteiger partial charge in [-0.15, -0.1) is 5.10 Å². The van der Waals surface area contributed by atoms with Crippen LogP contribution in [-0.4, -0.2) is 74.0 Å². The van der Waals surface area contributed by atoms with Gasteiger partial charge in [0.2, 0.25) is 11.8 Å². The van der Waals surface area contributed by atoms with Gasteiger partial charge in [-0.25, -0.2) is 4.79 Å². The lowest BCUT2D eigenvalue weighted by molar-refractivity contribution is -0.123. The van der Waals surface area contributed by atoms with E-state index in [1.165, 1.54) is 52.3 Å². The predicted octanol–water partition coefficient (Wildman–Crippen LogP) is 3.10. The van der Waals surface area contributed by atoms with Crippen LogP contribution in [0.25, 0.3) is 11.8 Å². The third kappa shape index (κ3) is 7.64.